The van der Waals surface area contributed by atoms with Crippen LogP contribution in [0.1, 0.15) is 11.5 Å². The molecule has 0 aliphatic heterocycles. The summed E-state index contributed by atoms with van der Waals surface area (Å²) in [6, 6.07) is 14.4. The Morgan fingerprint density at radius 1 is 1.07 bits per heavy atom. The van der Waals surface area contributed by atoms with Crippen molar-refractivity contribution in [3.8, 4) is 0 Å². The van der Waals surface area contributed by atoms with E-state index >= 15 is 0 Å². The third-order valence-corrected chi connectivity index (χ3v) is 3.02. The number of rotatable bonds is 3. The molecule has 0 saturated carbocycles. The van der Waals surface area contributed by atoms with Crippen molar-refractivity contribution in [3.05, 3.63) is 48.0 Å². The highest BCUT2D eigenvalue weighted by Crippen LogP contribution is 2.22. The summed E-state index contributed by atoms with van der Waals surface area (Å²) in [5.41, 5.74) is 1.10. The molecule has 0 fully saturated rings. The number of hydrogen-bond acceptors (Lipinski definition) is 1. The quantitative estimate of drug-likeness (QED) is 0.788. The molecule has 0 aliphatic rings. The molecule has 0 aliphatic carbocycles. The predicted octanol–water partition coefficient (Wildman–Crippen LogP) is 3.15. The maximum absolute atomic E-state index is 9.17. The van der Waals surface area contributed by atoms with Crippen molar-refractivity contribution in [2.75, 3.05) is 12.5 Å². The first-order valence-electron chi connectivity index (χ1n) is 5.00. The molecule has 0 saturated heterocycles. The standard InChI is InChI=1S/C13H13ClO/c14-8-13(9-15)12-6-5-10-3-1-2-4-11(10)7-12/h1-7,13,15H,8-9H2. The second kappa shape index (κ2) is 4.65. The lowest BCUT2D eigenvalue weighted by Gasteiger charge is -2.11. The second-order valence-corrected chi connectivity index (χ2v) is 3.95. The summed E-state index contributed by atoms with van der Waals surface area (Å²) in [6.07, 6.45) is 0. The zero-order chi connectivity index (χ0) is 10.7. The molecular formula is C13H13ClO. The highest BCUT2D eigenvalue weighted by molar-refractivity contribution is 6.18. The fraction of sp³-hybridized carbons (Fsp3) is 0.231. The molecule has 2 rings (SSSR count). The van der Waals surface area contributed by atoms with Gasteiger partial charge in [0.1, 0.15) is 0 Å². The lowest BCUT2D eigenvalue weighted by molar-refractivity contribution is 0.274. The number of alkyl halides is 1. The average molecular weight is 221 g/mol. The minimum Gasteiger partial charge on any atom is -0.396 e. The van der Waals surface area contributed by atoms with Crippen LogP contribution >= 0.6 is 11.6 Å². The van der Waals surface area contributed by atoms with Gasteiger partial charge in [0.15, 0.2) is 0 Å². The summed E-state index contributed by atoms with van der Waals surface area (Å²) < 4.78 is 0. The van der Waals surface area contributed by atoms with Crippen molar-refractivity contribution >= 4 is 22.4 Å². The molecule has 1 atom stereocenters. The molecule has 2 heteroatoms. The van der Waals surface area contributed by atoms with Crippen LogP contribution in [0.3, 0.4) is 0 Å². The highest BCUT2D eigenvalue weighted by atomic mass is 35.5. The molecule has 0 spiro atoms. The third-order valence-electron chi connectivity index (χ3n) is 2.65. The van der Waals surface area contributed by atoms with Crippen molar-refractivity contribution in [1.82, 2.24) is 0 Å². The van der Waals surface area contributed by atoms with Gasteiger partial charge in [-0.05, 0) is 16.3 Å². The molecule has 15 heavy (non-hydrogen) atoms. The van der Waals surface area contributed by atoms with Gasteiger partial charge in [-0.2, -0.15) is 0 Å². The van der Waals surface area contributed by atoms with Gasteiger partial charge in [0.05, 0.1) is 6.61 Å². The second-order valence-electron chi connectivity index (χ2n) is 3.64. The summed E-state index contributed by atoms with van der Waals surface area (Å²) >= 11 is 5.79. The van der Waals surface area contributed by atoms with E-state index in [0.29, 0.717) is 5.88 Å². The van der Waals surface area contributed by atoms with Gasteiger partial charge in [0.2, 0.25) is 0 Å². The Hall–Kier alpha value is -1.05. The monoisotopic (exact) mass is 220 g/mol. The Kier molecular flexibility index (Phi) is 3.24. The summed E-state index contributed by atoms with van der Waals surface area (Å²) in [7, 11) is 0. The van der Waals surface area contributed by atoms with E-state index in [1.54, 1.807) is 0 Å². The molecule has 1 nitrogen and oxygen atoms in total. The van der Waals surface area contributed by atoms with Crippen LogP contribution in [0.25, 0.3) is 10.8 Å². The van der Waals surface area contributed by atoms with Crippen LogP contribution in [0.5, 0.6) is 0 Å². The smallest absolute Gasteiger partial charge is 0.0511 e. The molecule has 0 amide bonds. The molecule has 1 unspecified atom stereocenters. The van der Waals surface area contributed by atoms with Crippen molar-refractivity contribution in [1.29, 1.82) is 0 Å². The summed E-state index contributed by atoms with van der Waals surface area (Å²) in [5.74, 6) is 0.491. The van der Waals surface area contributed by atoms with Crippen LogP contribution in [0.4, 0.5) is 0 Å². The maximum Gasteiger partial charge on any atom is 0.0511 e. The van der Waals surface area contributed by atoms with Gasteiger partial charge in [-0.25, -0.2) is 0 Å². The first-order valence-corrected chi connectivity index (χ1v) is 5.54. The van der Waals surface area contributed by atoms with Gasteiger partial charge >= 0.3 is 0 Å². The van der Waals surface area contributed by atoms with E-state index in [1.165, 1.54) is 10.8 Å². The number of hydrogen-bond donors (Lipinski definition) is 1. The first-order chi connectivity index (χ1) is 7.35. The maximum atomic E-state index is 9.17. The van der Waals surface area contributed by atoms with Crippen LogP contribution in [-0.2, 0) is 0 Å². The van der Waals surface area contributed by atoms with Crippen LogP contribution in [0, 0.1) is 0 Å². The van der Waals surface area contributed by atoms with Crippen molar-refractivity contribution < 1.29 is 5.11 Å². The van der Waals surface area contributed by atoms with Gasteiger partial charge in [0.25, 0.3) is 0 Å². The van der Waals surface area contributed by atoms with E-state index in [0.717, 1.165) is 5.56 Å². The Morgan fingerprint density at radius 2 is 1.80 bits per heavy atom. The van der Waals surface area contributed by atoms with E-state index in [1.807, 2.05) is 18.2 Å². The van der Waals surface area contributed by atoms with E-state index in [9.17, 15) is 0 Å². The number of halogens is 1. The van der Waals surface area contributed by atoms with Crippen LogP contribution in [0.2, 0.25) is 0 Å². The molecule has 0 radical (unpaired) electrons. The van der Waals surface area contributed by atoms with Gasteiger partial charge in [-0.1, -0.05) is 42.5 Å². The molecule has 0 bridgehead atoms. The van der Waals surface area contributed by atoms with E-state index in [4.69, 9.17) is 16.7 Å². The number of fused-ring (bicyclic) bond motifs is 1. The van der Waals surface area contributed by atoms with Crippen LogP contribution in [-0.4, -0.2) is 17.6 Å². The molecule has 1 N–H and O–H groups in total. The number of aliphatic hydroxyl groups is 1. The lowest BCUT2D eigenvalue weighted by Crippen LogP contribution is -2.05. The minimum absolute atomic E-state index is 0.0382. The van der Waals surface area contributed by atoms with E-state index in [2.05, 4.69) is 24.3 Å². The topological polar surface area (TPSA) is 20.2 Å². The molecule has 0 aromatic heterocycles. The van der Waals surface area contributed by atoms with Crippen molar-refractivity contribution in [3.63, 3.8) is 0 Å². The Morgan fingerprint density at radius 3 is 2.47 bits per heavy atom. The van der Waals surface area contributed by atoms with Crippen LogP contribution in [0.15, 0.2) is 42.5 Å². The zero-order valence-electron chi connectivity index (χ0n) is 8.36. The summed E-state index contributed by atoms with van der Waals surface area (Å²) in [6.45, 7) is 0.0990. The fourth-order valence-corrected chi connectivity index (χ4v) is 1.98. The van der Waals surface area contributed by atoms with Gasteiger partial charge < -0.3 is 5.11 Å². The predicted molar refractivity (Wildman–Crippen MR) is 64.5 cm³/mol. The highest BCUT2D eigenvalue weighted by Gasteiger charge is 2.08. The summed E-state index contributed by atoms with van der Waals surface area (Å²) in [4.78, 5) is 0. The summed E-state index contributed by atoms with van der Waals surface area (Å²) in [5, 5.41) is 11.6. The van der Waals surface area contributed by atoms with Crippen molar-refractivity contribution in [2.24, 2.45) is 0 Å². The molecule has 0 heterocycles. The third kappa shape index (κ3) is 2.14. The van der Waals surface area contributed by atoms with Gasteiger partial charge in [-0.3, -0.25) is 0 Å². The fourth-order valence-electron chi connectivity index (χ4n) is 1.71. The Labute approximate surface area is 94.3 Å². The van der Waals surface area contributed by atoms with Crippen molar-refractivity contribution in [2.45, 2.75) is 5.92 Å². The molecule has 78 valence electrons. The molecular weight excluding hydrogens is 208 g/mol. The van der Waals surface area contributed by atoms with Gasteiger partial charge in [-0.15, -0.1) is 11.6 Å². The van der Waals surface area contributed by atoms with E-state index in [-0.39, 0.29) is 12.5 Å². The first kappa shape index (κ1) is 10.5. The molecule has 2 aromatic rings. The SMILES string of the molecule is OCC(CCl)c1ccc2ccccc2c1. The molecule has 2 aromatic carbocycles. The lowest BCUT2D eigenvalue weighted by atomic mass is 9.98. The number of aliphatic hydroxyl groups excluding tert-OH is 1. The van der Waals surface area contributed by atoms with E-state index < -0.39 is 0 Å². The average Bonchev–Trinajstić information content (AvgIpc) is 2.30. The largest absolute Gasteiger partial charge is 0.396 e. The van der Waals surface area contributed by atoms with Crippen LogP contribution < -0.4 is 0 Å². The zero-order valence-corrected chi connectivity index (χ0v) is 9.11. The minimum atomic E-state index is 0.0382. The number of benzene rings is 2. The Bertz CT molecular complexity index is 449. The Balaban J connectivity index is 2.46. The van der Waals surface area contributed by atoms with Gasteiger partial charge in [0, 0.05) is 11.8 Å². The normalized spacial score (nSPS) is 12.9.